The molecule has 0 unspecified atom stereocenters. The molecule has 1 aromatic rings. The predicted molar refractivity (Wildman–Crippen MR) is 58.1 cm³/mol. The van der Waals surface area contributed by atoms with Gasteiger partial charge in [0.2, 0.25) is 0 Å². The monoisotopic (exact) mass is 198 g/mol. The van der Waals surface area contributed by atoms with Crippen LogP contribution in [0.25, 0.3) is 0 Å². The molecule has 0 aliphatic heterocycles. The van der Waals surface area contributed by atoms with Crippen molar-refractivity contribution in [1.82, 2.24) is 10.3 Å². The average Bonchev–Trinajstić information content (AvgIpc) is 2.54. The molecule has 0 saturated carbocycles. The van der Waals surface area contributed by atoms with Crippen LogP contribution in [0.3, 0.4) is 0 Å². The normalized spacial score (nSPS) is 10.6. The van der Waals surface area contributed by atoms with E-state index in [1.54, 1.807) is 0 Å². The molecule has 0 amide bonds. The Morgan fingerprint density at radius 2 is 2.31 bits per heavy atom. The lowest BCUT2D eigenvalue weighted by molar-refractivity contribution is 0.722. The molecule has 0 aliphatic carbocycles. The number of aryl methyl sites for hydroxylation is 1. The fourth-order valence-corrected chi connectivity index (χ4v) is 2.22. The highest BCUT2D eigenvalue weighted by Gasteiger charge is 1.99. The Balaban J connectivity index is 2.31. The highest BCUT2D eigenvalue weighted by Crippen LogP contribution is 2.15. The Labute approximate surface area is 84.4 Å². The molecule has 0 spiro atoms. The number of hydrogen-bond acceptors (Lipinski definition) is 3. The van der Waals surface area contributed by atoms with E-state index >= 15 is 0 Å². The number of nitrogens with zero attached hydrogens (tertiary/aromatic N) is 1. The molecule has 1 heterocycles. The van der Waals surface area contributed by atoms with Gasteiger partial charge in [-0.05, 0) is 19.9 Å². The van der Waals surface area contributed by atoms with Crippen molar-refractivity contribution in [3.63, 3.8) is 0 Å². The van der Waals surface area contributed by atoms with E-state index in [1.807, 2.05) is 24.6 Å². The number of hydrogen-bond donors (Lipinski definition) is 1. The first-order chi connectivity index (χ1) is 6.36. The molecule has 0 fully saturated rings. The SMILES string of the molecule is CCCCCc1cnc(CNC)s1. The van der Waals surface area contributed by atoms with Crippen molar-refractivity contribution in [2.24, 2.45) is 0 Å². The molecular formula is C10H18N2S. The Hall–Kier alpha value is -0.410. The van der Waals surface area contributed by atoms with Gasteiger partial charge in [0, 0.05) is 17.6 Å². The Morgan fingerprint density at radius 3 is 3.00 bits per heavy atom. The fraction of sp³-hybridized carbons (Fsp3) is 0.700. The molecule has 0 bridgehead atoms. The van der Waals surface area contributed by atoms with Crippen molar-refractivity contribution in [3.8, 4) is 0 Å². The molecule has 0 atom stereocenters. The maximum atomic E-state index is 4.34. The van der Waals surface area contributed by atoms with Gasteiger partial charge in [-0.1, -0.05) is 19.8 Å². The van der Waals surface area contributed by atoms with E-state index in [4.69, 9.17) is 0 Å². The molecule has 2 nitrogen and oxygen atoms in total. The first kappa shape index (κ1) is 10.7. The first-order valence-electron chi connectivity index (χ1n) is 4.95. The van der Waals surface area contributed by atoms with Crippen molar-refractivity contribution in [1.29, 1.82) is 0 Å². The van der Waals surface area contributed by atoms with Gasteiger partial charge in [0.15, 0.2) is 0 Å². The highest BCUT2D eigenvalue weighted by molar-refractivity contribution is 7.11. The van der Waals surface area contributed by atoms with Crippen LogP contribution in [0.1, 0.15) is 36.1 Å². The number of nitrogens with one attached hydrogen (secondary N) is 1. The van der Waals surface area contributed by atoms with Crippen molar-refractivity contribution in [2.45, 2.75) is 39.2 Å². The topological polar surface area (TPSA) is 24.9 Å². The molecule has 74 valence electrons. The zero-order chi connectivity index (χ0) is 9.52. The number of rotatable bonds is 6. The molecule has 0 saturated heterocycles. The van der Waals surface area contributed by atoms with Crippen LogP contribution in [0, 0.1) is 0 Å². The zero-order valence-electron chi connectivity index (χ0n) is 8.47. The second kappa shape index (κ2) is 6.11. The molecule has 13 heavy (non-hydrogen) atoms. The van der Waals surface area contributed by atoms with E-state index < -0.39 is 0 Å². The van der Waals surface area contributed by atoms with Gasteiger partial charge in [0.1, 0.15) is 5.01 Å². The summed E-state index contributed by atoms with van der Waals surface area (Å²) in [6, 6.07) is 0. The van der Waals surface area contributed by atoms with Crippen LogP contribution < -0.4 is 5.32 Å². The Bertz CT molecular complexity index is 233. The molecule has 1 N–H and O–H groups in total. The Morgan fingerprint density at radius 1 is 1.46 bits per heavy atom. The van der Waals surface area contributed by atoms with Crippen LogP contribution in [-0.2, 0) is 13.0 Å². The second-order valence-electron chi connectivity index (χ2n) is 3.21. The largest absolute Gasteiger partial charge is 0.314 e. The van der Waals surface area contributed by atoms with E-state index in [1.165, 1.54) is 35.6 Å². The lowest BCUT2D eigenvalue weighted by atomic mass is 10.2. The van der Waals surface area contributed by atoms with Gasteiger partial charge in [-0.3, -0.25) is 0 Å². The predicted octanol–water partition coefficient (Wildman–Crippen LogP) is 2.60. The zero-order valence-corrected chi connectivity index (χ0v) is 9.28. The van der Waals surface area contributed by atoms with Crippen LogP contribution in [0.15, 0.2) is 6.20 Å². The fourth-order valence-electron chi connectivity index (χ4n) is 1.25. The van der Waals surface area contributed by atoms with Gasteiger partial charge in [-0.25, -0.2) is 4.98 Å². The van der Waals surface area contributed by atoms with Gasteiger partial charge < -0.3 is 5.32 Å². The van der Waals surface area contributed by atoms with E-state index in [-0.39, 0.29) is 0 Å². The van der Waals surface area contributed by atoms with Crippen molar-refractivity contribution in [2.75, 3.05) is 7.05 Å². The van der Waals surface area contributed by atoms with Crippen LogP contribution >= 0.6 is 11.3 Å². The third-order valence-electron chi connectivity index (χ3n) is 1.96. The minimum atomic E-state index is 0.901. The summed E-state index contributed by atoms with van der Waals surface area (Å²) in [5, 5.41) is 4.32. The molecular weight excluding hydrogens is 180 g/mol. The van der Waals surface area contributed by atoms with Gasteiger partial charge in [-0.2, -0.15) is 0 Å². The minimum absolute atomic E-state index is 0.901. The second-order valence-corrected chi connectivity index (χ2v) is 4.41. The van der Waals surface area contributed by atoms with Gasteiger partial charge >= 0.3 is 0 Å². The summed E-state index contributed by atoms with van der Waals surface area (Å²) in [6.45, 7) is 3.14. The van der Waals surface area contributed by atoms with Crippen molar-refractivity contribution in [3.05, 3.63) is 16.1 Å². The standard InChI is InChI=1S/C10H18N2S/c1-3-4-5-6-9-7-12-10(13-9)8-11-2/h7,11H,3-6,8H2,1-2H3. The smallest absolute Gasteiger partial charge is 0.107 e. The van der Waals surface area contributed by atoms with Gasteiger partial charge in [0.05, 0.1) is 0 Å². The third kappa shape index (κ3) is 3.87. The van der Waals surface area contributed by atoms with E-state index in [0.717, 1.165) is 6.54 Å². The molecule has 0 aromatic carbocycles. The summed E-state index contributed by atoms with van der Waals surface area (Å²) in [6.07, 6.45) is 7.15. The molecule has 0 radical (unpaired) electrons. The van der Waals surface area contributed by atoms with Crippen LogP contribution in [-0.4, -0.2) is 12.0 Å². The maximum Gasteiger partial charge on any atom is 0.107 e. The van der Waals surface area contributed by atoms with Crippen molar-refractivity contribution < 1.29 is 0 Å². The molecule has 0 aliphatic rings. The summed E-state index contributed by atoms with van der Waals surface area (Å²) < 4.78 is 0. The van der Waals surface area contributed by atoms with Crippen LogP contribution in [0.2, 0.25) is 0 Å². The molecule has 1 rings (SSSR count). The summed E-state index contributed by atoms with van der Waals surface area (Å²) in [4.78, 5) is 5.77. The first-order valence-corrected chi connectivity index (χ1v) is 5.76. The summed E-state index contributed by atoms with van der Waals surface area (Å²) in [5.74, 6) is 0. The summed E-state index contributed by atoms with van der Waals surface area (Å²) >= 11 is 1.83. The number of unbranched alkanes of at least 4 members (excludes halogenated alkanes) is 2. The lowest BCUT2D eigenvalue weighted by Gasteiger charge is -1.94. The number of aromatic nitrogens is 1. The van der Waals surface area contributed by atoms with Gasteiger partial charge in [0.25, 0.3) is 0 Å². The number of thiazole rings is 1. The summed E-state index contributed by atoms with van der Waals surface area (Å²) in [5.41, 5.74) is 0. The minimum Gasteiger partial charge on any atom is -0.314 e. The van der Waals surface area contributed by atoms with E-state index in [2.05, 4.69) is 17.2 Å². The van der Waals surface area contributed by atoms with Crippen LogP contribution in [0.4, 0.5) is 0 Å². The Kier molecular flexibility index (Phi) is 5.01. The lowest BCUT2D eigenvalue weighted by Crippen LogP contribution is -2.03. The third-order valence-corrected chi connectivity index (χ3v) is 3.01. The molecule has 1 aromatic heterocycles. The van der Waals surface area contributed by atoms with E-state index in [0.29, 0.717) is 0 Å². The van der Waals surface area contributed by atoms with Crippen molar-refractivity contribution >= 4 is 11.3 Å². The maximum absolute atomic E-state index is 4.34. The van der Waals surface area contributed by atoms with E-state index in [9.17, 15) is 0 Å². The molecule has 3 heteroatoms. The summed E-state index contributed by atoms with van der Waals surface area (Å²) in [7, 11) is 1.96. The van der Waals surface area contributed by atoms with Gasteiger partial charge in [-0.15, -0.1) is 11.3 Å². The average molecular weight is 198 g/mol. The quantitative estimate of drug-likeness (QED) is 0.711. The van der Waals surface area contributed by atoms with Crippen LogP contribution in [0.5, 0.6) is 0 Å². The highest BCUT2D eigenvalue weighted by atomic mass is 32.1.